The summed E-state index contributed by atoms with van der Waals surface area (Å²) in [7, 11) is 0. The highest BCUT2D eigenvalue weighted by atomic mass is 79.9. The summed E-state index contributed by atoms with van der Waals surface area (Å²) in [5, 5.41) is 7.11. The fourth-order valence-corrected chi connectivity index (χ4v) is 3.78. The van der Waals surface area contributed by atoms with Crippen molar-refractivity contribution in [3.05, 3.63) is 19.1 Å². The number of H-pyrrole nitrogens is 1. The Hall–Kier alpha value is 0.0200. The van der Waals surface area contributed by atoms with Gasteiger partial charge in [0.05, 0.1) is 8.66 Å². The van der Waals surface area contributed by atoms with E-state index in [0.29, 0.717) is 10.8 Å². The lowest BCUT2D eigenvalue weighted by Crippen LogP contribution is -2.02. The molecule has 0 aromatic carbocycles. The van der Waals surface area contributed by atoms with Gasteiger partial charge in [0, 0.05) is 10.5 Å². The average Bonchev–Trinajstić information content (AvgIpc) is 2.71. The van der Waals surface area contributed by atoms with Crippen molar-refractivity contribution in [2.75, 3.05) is 0 Å². The number of hydrogen-bond acceptors (Lipinski definition) is 3. The second-order valence-electron chi connectivity index (χ2n) is 3.55. The van der Waals surface area contributed by atoms with Gasteiger partial charge in [-0.3, -0.25) is 9.67 Å². The Morgan fingerprint density at radius 1 is 1.50 bits per heavy atom. The van der Waals surface area contributed by atoms with Gasteiger partial charge in [-0.2, -0.15) is 5.10 Å². The van der Waals surface area contributed by atoms with Crippen LogP contribution < -0.4 is 0 Å². The van der Waals surface area contributed by atoms with Crippen LogP contribution in [0.4, 0.5) is 0 Å². The molecule has 0 aliphatic carbocycles. The number of rotatable bonds is 2. The first-order chi connectivity index (χ1) is 7.50. The monoisotopic (exact) mass is 381 g/mol. The van der Waals surface area contributed by atoms with Crippen molar-refractivity contribution in [2.45, 2.75) is 19.9 Å². The van der Waals surface area contributed by atoms with Gasteiger partial charge in [-0.05, 0) is 64.0 Å². The molecule has 1 N–H and O–H groups in total. The molecule has 0 radical (unpaired) electrons. The predicted molar refractivity (Wildman–Crippen MR) is 76.5 cm³/mol. The van der Waals surface area contributed by atoms with Crippen LogP contribution >= 0.6 is 55.4 Å². The number of thiophene rings is 1. The lowest BCUT2D eigenvalue weighted by atomic mass is 10.3. The Balaban J connectivity index is 2.60. The van der Waals surface area contributed by atoms with E-state index in [1.807, 2.05) is 10.6 Å². The SMILES string of the molecule is CC(C)n1c(-c2cc(Br)c(Br)s2)n[nH]c1=S. The third-order valence-corrected chi connectivity index (χ3v) is 5.63. The molecule has 0 saturated carbocycles. The third kappa shape index (κ3) is 2.18. The van der Waals surface area contributed by atoms with Crippen LogP contribution in [0.3, 0.4) is 0 Å². The largest absolute Gasteiger partial charge is 0.297 e. The highest BCUT2D eigenvalue weighted by Crippen LogP contribution is 2.37. The van der Waals surface area contributed by atoms with E-state index in [1.165, 1.54) is 0 Å². The minimum absolute atomic E-state index is 0.293. The standard InChI is InChI=1S/C9H9Br2N3S2/c1-4(2)14-8(12-13-9(14)15)6-3-5(10)7(11)16-6/h3-4H,1-2H3,(H,13,15). The van der Waals surface area contributed by atoms with Gasteiger partial charge in [-0.25, -0.2) is 0 Å². The zero-order valence-electron chi connectivity index (χ0n) is 8.62. The number of nitrogens with one attached hydrogen (secondary N) is 1. The van der Waals surface area contributed by atoms with E-state index in [4.69, 9.17) is 12.2 Å². The molecule has 0 unspecified atom stereocenters. The van der Waals surface area contributed by atoms with E-state index >= 15 is 0 Å². The van der Waals surface area contributed by atoms with Gasteiger partial charge in [-0.1, -0.05) is 0 Å². The first kappa shape index (κ1) is 12.5. The molecule has 7 heteroatoms. The van der Waals surface area contributed by atoms with Gasteiger partial charge in [-0.15, -0.1) is 11.3 Å². The molecule has 2 heterocycles. The number of halogens is 2. The van der Waals surface area contributed by atoms with Crippen molar-refractivity contribution in [2.24, 2.45) is 0 Å². The van der Waals surface area contributed by atoms with Crippen molar-refractivity contribution in [1.29, 1.82) is 0 Å². The summed E-state index contributed by atoms with van der Waals surface area (Å²) in [6, 6.07) is 2.33. The molecule has 2 rings (SSSR count). The molecule has 2 aromatic rings. The van der Waals surface area contributed by atoms with E-state index < -0.39 is 0 Å². The molecular formula is C9H9Br2N3S2. The quantitative estimate of drug-likeness (QED) is 0.758. The molecule has 0 aliphatic heterocycles. The summed E-state index contributed by atoms with van der Waals surface area (Å²) >= 11 is 13.8. The highest BCUT2D eigenvalue weighted by Gasteiger charge is 2.15. The van der Waals surface area contributed by atoms with Crippen LogP contribution in [-0.2, 0) is 0 Å². The summed E-state index contributed by atoms with van der Waals surface area (Å²) in [6.45, 7) is 4.18. The van der Waals surface area contributed by atoms with Crippen molar-refractivity contribution in [3.63, 3.8) is 0 Å². The zero-order valence-corrected chi connectivity index (χ0v) is 13.4. The topological polar surface area (TPSA) is 33.6 Å². The molecule has 2 aromatic heterocycles. The number of aromatic amines is 1. The molecule has 0 fully saturated rings. The number of nitrogens with zero attached hydrogens (tertiary/aromatic N) is 2. The van der Waals surface area contributed by atoms with E-state index in [9.17, 15) is 0 Å². The molecule has 0 aliphatic rings. The van der Waals surface area contributed by atoms with Gasteiger partial charge in [0.25, 0.3) is 0 Å². The van der Waals surface area contributed by atoms with Crippen LogP contribution in [0.5, 0.6) is 0 Å². The maximum atomic E-state index is 5.21. The second kappa shape index (κ2) is 4.72. The maximum Gasteiger partial charge on any atom is 0.195 e. The van der Waals surface area contributed by atoms with Crippen molar-refractivity contribution in [3.8, 4) is 10.7 Å². The van der Waals surface area contributed by atoms with Crippen LogP contribution in [0.2, 0.25) is 0 Å². The smallest absolute Gasteiger partial charge is 0.195 e. The second-order valence-corrected chi connectivity index (χ2v) is 7.16. The van der Waals surface area contributed by atoms with Crippen LogP contribution in [0, 0.1) is 4.77 Å². The van der Waals surface area contributed by atoms with Crippen LogP contribution in [0.25, 0.3) is 10.7 Å². The summed E-state index contributed by atoms with van der Waals surface area (Å²) in [5.74, 6) is 0.886. The summed E-state index contributed by atoms with van der Waals surface area (Å²) in [6.07, 6.45) is 0. The third-order valence-electron chi connectivity index (χ3n) is 2.09. The van der Waals surface area contributed by atoms with E-state index in [2.05, 4.69) is 55.9 Å². The first-order valence-corrected chi connectivity index (χ1v) is 7.44. The Bertz CT molecular complexity index is 548. The van der Waals surface area contributed by atoms with Gasteiger partial charge in [0.2, 0.25) is 0 Å². The molecular weight excluding hydrogens is 374 g/mol. The van der Waals surface area contributed by atoms with Crippen molar-refractivity contribution < 1.29 is 0 Å². The number of hydrogen-bond donors (Lipinski definition) is 1. The highest BCUT2D eigenvalue weighted by molar-refractivity contribution is 9.13. The molecule has 0 amide bonds. The molecule has 16 heavy (non-hydrogen) atoms. The van der Waals surface area contributed by atoms with Crippen molar-refractivity contribution in [1.82, 2.24) is 14.8 Å². The average molecular weight is 383 g/mol. The molecule has 0 spiro atoms. The van der Waals surface area contributed by atoms with Crippen LogP contribution in [0.15, 0.2) is 14.3 Å². The van der Waals surface area contributed by atoms with E-state index in [0.717, 1.165) is 19.0 Å². The first-order valence-electron chi connectivity index (χ1n) is 4.63. The molecule has 3 nitrogen and oxygen atoms in total. The Morgan fingerprint density at radius 3 is 2.69 bits per heavy atom. The maximum absolute atomic E-state index is 5.21. The fraction of sp³-hybridized carbons (Fsp3) is 0.333. The van der Waals surface area contributed by atoms with Gasteiger partial charge in [0.1, 0.15) is 0 Å². The normalized spacial score (nSPS) is 11.3. The van der Waals surface area contributed by atoms with Gasteiger partial charge < -0.3 is 0 Å². The Kier molecular flexibility index (Phi) is 3.68. The lowest BCUT2D eigenvalue weighted by Gasteiger charge is -2.08. The molecule has 86 valence electrons. The van der Waals surface area contributed by atoms with E-state index in [1.54, 1.807) is 11.3 Å². The lowest BCUT2D eigenvalue weighted by molar-refractivity contribution is 0.597. The fourth-order valence-electron chi connectivity index (χ4n) is 1.41. The minimum Gasteiger partial charge on any atom is -0.297 e. The predicted octanol–water partition coefficient (Wildman–Crippen LogP) is 4.78. The van der Waals surface area contributed by atoms with E-state index in [-0.39, 0.29) is 0 Å². The summed E-state index contributed by atoms with van der Waals surface area (Å²) < 4.78 is 4.77. The summed E-state index contributed by atoms with van der Waals surface area (Å²) in [4.78, 5) is 1.08. The molecule has 0 bridgehead atoms. The molecule has 0 saturated heterocycles. The van der Waals surface area contributed by atoms with Gasteiger partial charge >= 0.3 is 0 Å². The number of aromatic nitrogens is 3. The Morgan fingerprint density at radius 2 is 2.19 bits per heavy atom. The molecule has 0 atom stereocenters. The zero-order chi connectivity index (χ0) is 11.9. The summed E-state index contributed by atoms with van der Waals surface area (Å²) in [5.41, 5.74) is 0. The van der Waals surface area contributed by atoms with Crippen LogP contribution in [-0.4, -0.2) is 14.8 Å². The minimum atomic E-state index is 0.293. The Labute approximate surface area is 119 Å². The van der Waals surface area contributed by atoms with Crippen molar-refractivity contribution >= 4 is 55.4 Å². The van der Waals surface area contributed by atoms with Gasteiger partial charge in [0.15, 0.2) is 10.6 Å². The van der Waals surface area contributed by atoms with Crippen LogP contribution in [0.1, 0.15) is 19.9 Å².